The number of hydrogen-bond donors (Lipinski definition) is 0. The van der Waals surface area contributed by atoms with Crippen LogP contribution in [0.15, 0.2) is 18.2 Å². The van der Waals surface area contributed by atoms with Crippen LogP contribution in [0.5, 0.6) is 0 Å². The quantitative estimate of drug-likeness (QED) is 0.733. The normalized spacial score (nSPS) is 21.8. The summed E-state index contributed by atoms with van der Waals surface area (Å²) < 4.78 is 5.39. The topological polar surface area (TPSA) is 29.5 Å². The van der Waals surface area contributed by atoms with E-state index in [0.717, 1.165) is 29.7 Å². The molecule has 1 unspecified atom stereocenters. The van der Waals surface area contributed by atoms with Crippen LogP contribution in [0.2, 0.25) is 0 Å². The fraction of sp³-hybridized carbons (Fsp3) is 0.562. The molecule has 0 radical (unpaired) electrons. The van der Waals surface area contributed by atoms with Crippen LogP contribution < -0.4 is 4.90 Å². The summed E-state index contributed by atoms with van der Waals surface area (Å²) in [5, 5.41) is -0.0436. The van der Waals surface area contributed by atoms with Gasteiger partial charge in [0.05, 0.1) is 17.2 Å². The molecule has 1 aromatic rings. The Morgan fingerprint density at radius 1 is 1.50 bits per heavy atom. The maximum atomic E-state index is 12.4. The van der Waals surface area contributed by atoms with E-state index in [9.17, 15) is 4.79 Å². The Morgan fingerprint density at radius 3 is 2.80 bits per heavy atom. The number of carbonyl (C=O) groups excluding carboxylic acids is 1. The van der Waals surface area contributed by atoms with Crippen LogP contribution in [-0.2, 0) is 4.74 Å². The molecule has 0 bridgehead atoms. The van der Waals surface area contributed by atoms with Gasteiger partial charge in [-0.05, 0) is 45.2 Å². The second-order valence-electron chi connectivity index (χ2n) is 5.63. The summed E-state index contributed by atoms with van der Waals surface area (Å²) in [6.45, 7) is 7.84. The highest BCUT2D eigenvalue weighted by Crippen LogP contribution is 2.42. The molecule has 0 spiro atoms. The number of hydrogen-bond acceptors (Lipinski definition) is 2. The number of fused-ring (bicyclic) bond motifs is 1. The molecule has 0 aliphatic carbocycles. The van der Waals surface area contributed by atoms with E-state index in [1.807, 2.05) is 32.9 Å². The highest BCUT2D eigenvalue weighted by atomic mass is 35.5. The first-order valence-electron chi connectivity index (χ1n) is 7.18. The van der Waals surface area contributed by atoms with E-state index in [1.165, 1.54) is 0 Å². The predicted molar refractivity (Wildman–Crippen MR) is 82.6 cm³/mol. The van der Waals surface area contributed by atoms with Crippen LogP contribution in [-0.4, -0.2) is 18.2 Å². The average Bonchev–Trinajstić information content (AvgIpc) is 2.38. The van der Waals surface area contributed by atoms with Gasteiger partial charge in [-0.15, -0.1) is 11.6 Å². The first-order chi connectivity index (χ1) is 9.43. The molecule has 0 N–H and O–H groups in total. The van der Waals surface area contributed by atoms with Crippen LogP contribution in [0.25, 0.3) is 0 Å². The zero-order valence-corrected chi connectivity index (χ0v) is 13.3. The third-order valence-corrected chi connectivity index (χ3v) is 4.04. The van der Waals surface area contributed by atoms with E-state index in [-0.39, 0.29) is 23.6 Å². The first kappa shape index (κ1) is 15.2. The number of benzene rings is 1. The van der Waals surface area contributed by atoms with Crippen molar-refractivity contribution in [2.24, 2.45) is 0 Å². The van der Waals surface area contributed by atoms with Gasteiger partial charge >= 0.3 is 6.09 Å². The molecule has 1 amide bonds. The molecule has 4 heteroatoms. The van der Waals surface area contributed by atoms with Crippen molar-refractivity contribution < 1.29 is 9.53 Å². The molecule has 1 aromatic carbocycles. The molecule has 3 nitrogen and oxygen atoms in total. The van der Waals surface area contributed by atoms with Crippen molar-refractivity contribution in [2.75, 3.05) is 4.90 Å². The van der Waals surface area contributed by atoms with Crippen molar-refractivity contribution in [3.05, 3.63) is 29.3 Å². The minimum absolute atomic E-state index is 0.0436. The van der Waals surface area contributed by atoms with Gasteiger partial charge in [-0.2, -0.15) is 0 Å². The Hall–Kier alpha value is -1.22. The first-order valence-corrected chi connectivity index (χ1v) is 7.62. The van der Waals surface area contributed by atoms with Gasteiger partial charge in [0, 0.05) is 6.04 Å². The highest BCUT2D eigenvalue weighted by molar-refractivity contribution is 6.21. The van der Waals surface area contributed by atoms with E-state index in [4.69, 9.17) is 16.3 Å². The standard InChI is InChI=1S/C16H22ClNO2/c1-5-12-9-14(17)13-8-11(4)6-7-15(13)18(12)16(19)20-10(2)3/h6-8,10,12,14H,5,9H2,1-4H3/t12-,14?/m1/s1. The molecule has 1 aliphatic rings. The lowest BCUT2D eigenvalue weighted by atomic mass is 9.93. The molecule has 110 valence electrons. The largest absolute Gasteiger partial charge is 0.446 e. The Kier molecular flexibility index (Phi) is 4.59. The van der Waals surface area contributed by atoms with Crippen LogP contribution in [0.3, 0.4) is 0 Å². The molecule has 0 saturated heterocycles. The molecular formula is C16H22ClNO2. The lowest BCUT2D eigenvalue weighted by Gasteiger charge is -2.38. The maximum absolute atomic E-state index is 12.4. The van der Waals surface area contributed by atoms with Gasteiger partial charge < -0.3 is 4.74 Å². The summed E-state index contributed by atoms with van der Waals surface area (Å²) in [4.78, 5) is 14.2. The van der Waals surface area contributed by atoms with E-state index in [0.29, 0.717) is 0 Å². The lowest BCUT2D eigenvalue weighted by Crippen LogP contribution is -2.45. The molecule has 0 aromatic heterocycles. The van der Waals surface area contributed by atoms with Crippen molar-refractivity contribution in [3.8, 4) is 0 Å². The number of ether oxygens (including phenoxy) is 1. The Morgan fingerprint density at radius 2 is 2.20 bits per heavy atom. The Labute approximate surface area is 125 Å². The fourth-order valence-electron chi connectivity index (χ4n) is 2.67. The maximum Gasteiger partial charge on any atom is 0.414 e. The number of nitrogens with zero attached hydrogens (tertiary/aromatic N) is 1. The molecule has 20 heavy (non-hydrogen) atoms. The number of alkyl halides is 1. The predicted octanol–water partition coefficient (Wildman–Crippen LogP) is 4.81. The number of carbonyl (C=O) groups is 1. The summed E-state index contributed by atoms with van der Waals surface area (Å²) in [5.41, 5.74) is 3.07. The SMILES string of the molecule is CC[C@@H]1CC(Cl)c2cc(C)ccc2N1C(=O)OC(C)C. The number of halogens is 1. The Balaban J connectivity index is 2.42. The van der Waals surface area contributed by atoms with E-state index >= 15 is 0 Å². The van der Waals surface area contributed by atoms with Gasteiger partial charge in [-0.1, -0.05) is 24.6 Å². The van der Waals surface area contributed by atoms with Gasteiger partial charge in [-0.25, -0.2) is 4.79 Å². The van der Waals surface area contributed by atoms with Crippen molar-refractivity contribution in [2.45, 2.75) is 58.1 Å². The highest BCUT2D eigenvalue weighted by Gasteiger charge is 2.35. The number of aryl methyl sites for hydroxylation is 1. The fourth-order valence-corrected chi connectivity index (χ4v) is 3.05. The van der Waals surface area contributed by atoms with Gasteiger partial charge in [0.2, 0.25) is 0 Å². The number of rotatable bonds is 2. The van der Waals surface area contributed by atoms with Gasteiger partial charge in [0.25, 0.3) is 0 Å². The second kappa shape index (κ2) is 6.04. The number of amides is 1. The second-order valence-corrected chi connectivity index (χ2v) is 6.16. The van der Waals surface area contributed by atoms with Crippen molar-refractivity contribution in [1.29, 1.82) is 0 Å². The van der Waals surface area contributed by atoms with Crippen LogP contribution in [0.4, 0.5) is 10.5 Å². The zero-order chi connectivity index (χ0) is 14.9. The third-order valence-electron chi connectivity index (χ3n) is 3.63. The van der Waals surface area contributed by atoms with Gasteiger partial charge in [0.15, 0.2) is 0 Å². The van der Waals surface area contributed by atoms with Crippen LogP contribution >= 0.6 is 11.6 Å². The lowest BCUT2D eigenvalue weighted by molar-refractivity contribution is 0.119. The summed E-state index contributed by atoms with van der Waals surface area (Å²) in [6, 6.07) is 6.15. The van der Waals surface area contributed by atoms with Crippen molar-refractivity contribution in [3.63, 3.8) is 0 Å². The molecule has 0 fully saturated rings. The molecular weight excluding hydrogens is 274 g/mol. The third kappa shape index (κ3) is 2.93. The van der Waals surface area contributed by atoms with Crippen molar-refractivity contribution >= 4 is 23.4 Å². The zero-order valence-electron chi connectivity index (χ0n) is 12.5. The molecule has 2 atom stereocenters. The van der Waals surface area contributed by atoms with E-state index in [1.54, 1.807) is 4.90 Å². The summed E-state index contributed by atoms with van der Waals surface area (Å²) in [5.74, 6) is 0. The monoisotopic (exact) mass is 295 g/mol. The smallest absolute Gasteiger partial charge is 0.414 e. The van der Waals surface area contributed by atoms with Crippen LogP contribution in [0.1, 0.15) is 50.1 Å². The van der Waals surface area contributed by atoms with E-state index < -0.39 is 0 Å². The summed E-state index contributed by atoms with van der Waals surface area (Å²) in [6.07, 6.45) is 1.23. The summed E-state index contributed by atoms with van der Waals surface area (Å²) >= 11 is 6.49. The molecule has 1 heterocycles. The van der Waals surface area contributed by atoms with Crippen LogP contribution in [0, 0.1) is 6.92 Å². The number of anilines is 1. The summed E-state index contributed by atoms with van der Waals surface area (Å²) in [7, 11) is 0. The molecule has 0 saturated carbocycles. The molecule has 2 rings (SSSR count). The average molecular weight is 296 g/mol. The van der Waals surface area contributed by atoms with E-state index in [2.05, 4.69) is 13.0 Å². The van der Waals surface area contributed by atoms with Gasteiger partial charge in [0.1, 0.15) is 0 Å². The van der Waals surface area contributed by atoms with Crippen molar-refractivity contribution in [1.82, 2.24) is 0 Å². The minimum atomic E-state index is -0.277. The molecule has 1 aliphatic heterocycles. The Bertz CT molecular complexity index is 501. The minimum Gasteiger partial charge on any atom is -0.446 e. The van der Waals surface area contributed by atoms with Gasteiger partial charge in [-0.3, -0.25) is 4.90 Å².